The molecule has 0 bridgehead atoms. The average molecular weight is 380 g/mol. The van der Waals surface area contributed by atoms with Crippen molar-refractivity contribution in [2.75, 3.05) is 0 Å². The van der Waals surface area contributed by atoms with Crippen molar-refractivity contribution in [3.8, 4) is 16.9 Å². The average Bonchev–Trinajstić information content (AvgIpc) is 2.68. The molecular formula is C24H28O4. The molecule has 0 spiro atoms. The van der Waals surface area contributed by atoms with Gasteiger partial charge in [-0.1, -0.05) is 61.9 Å². The van der Waals surface area contributed by atoms with Gasteiger partial charge in [0.25, 0.3) is 0 Å². The minimum absolute atomic E-state index is 0.000212. The van der Waals surface area contributed by atoms with E-state index in [1.807, 2.05) is 24.3 Å². The van der Waals surface area contributed by atoms with Gasteiger partial charge in [-0.05, 0) is 32.3 Å². The van der Waals surface area contributed by atoms with Crippen molar-refractivity contribution in [1.29, 1.82) is 0 Å². The molecule has 2 aromatic carbocycles. The molecule has 4 heteroatoms. The van der Waals surface area contributed by atoms with E-state index in [0.29, 0.717) is 6.42 Å². The van der Waals surface area contributed by atoms with Crippen molar-refractivity contribution in [3.05, 3.63) is 54.1 Å². The molecule has 0 aliphatic carbocycles. The predicted molar refractivity (Wildman–Crippen MR) is 108 cm³/mol. The van der Waals surface area contributed by atoms with Crippen LogP contribution in [-0.2, 0) is 9.53 Å². The van der Waals surface area contributed by atoms with Gasteiger partial charge in [0.2, 0.25) is 0 Å². The molecule has 4 atom stereocenters. The summed E-state index contributed by atoms with van der Waals surface area (Å²) in [5, 5.41) is 9.76. The molecule has 2 aromatic rings. The Morgan fingerprint density at radius 1 is 1.14 bits per heavy atom. The third-order valence-corrected chi connectivity index (χ3v) is 6.23. The number of para-hydroxylation sites is 1. The summed E-state index contributed by atoms with van der Waals surface area (Å²) in [4.78, 5) is 11.9. The lowest BCUT2D eigenvalue weighted by Crippen LogP contribution is -2.52. The van der Waals surface area contributed by atoms with Crippen molar-refractivity contribution < 1.29 is 19.4 Å². The number of hydrogen-bond donors (Lipinski definition) is 1. The summed E-state index contributed by atoms with van der Waals surface area (Å²) in [7, 11) is 0. The molecule has 0 amide bonds. The second kappa shape index (κ2) is 7.25. The second-order valence-corrected chi connectivity index (χ2v) is 8.47. The van der Waals surface area contributed by atoms with Gasteiger partial charge in [0.05, 0.1) is 18.1 Å². The van der Waals surface area contributed by atoms with Crippen LogP contribution in [0.1, 0.15) is 51.7 Å². The van der Waals surface area contributed by atoms with Crippen molar-refractivity contribution in [2.45, 2.75) is 57.8 Å². The molecule has 4 nitrogen and oxygen atoms in total. The van der Waals surface area contributed by atoms with E-state index in [2.05, 4.69) is 45.0 Å². The largest absolute Gasteiger partial charge is 0.486 e. The third-order valence-electron chi connectivity index (χ3n) is 6.23. The van der Waals surface area contributed by atoms with Gasteiger partial charge in [0.15, 0.2) is 0 Å². The van der Waals surface area contributed by atoms with E-state index in [9.17, 15) is 9.90 Å². The Balaban J connectivity index is 1.79. The van der Waals surface area contributed by atoms with Crippen LogP contribution >= 0.6 is 0 Å². The fraction of sp³-hybridized carbons (Fsp3) is 0.458. The maximum absolute atomic E-state index is 11.9. The molecule has 0 saturated carbocycles. The number of carbonyl (C=O) groups is 1. The molecule has 4 rings (SSSR count). The Hall–Kier alpha value is -2.33. The normalized spacial score (nSPS) is 28.0. The number of benzene rings is 2. The van der Waals surface area contributed by atoms with E-state index in [1.54, 1.807) is 0 Å². The minimum Gasteiger partial charge on any atom is -0.486 e. The summed E-state index contributed by atoms with van der Waals surface area (Å²) in [5.74, 6) is -0.385. The smallest absolute Gasteiger partial charge is 0.309 e. The summed E-state index contributed by atoms with van der Waals surface area (Å²) in [6.07, 6.45) is 1.84. The van der Waals surface area contributed by atoms with Gasteiger partial charge in [-0.2, -0.15) is 0 Å². The van der Waals surface area contributed by atoms with E-state index in [4.69, 9.17) is 9.47 Å². The highest BCUT2D eigenvalue weighted by Crippen LogP contribution is 2.54. The Morgan fingerprint density at radius 2 is 1.89 bits per heavy atom. The summed E-state index contributed by atoms with van der Waals surface area (Å²) < 4.78 is 13.0. The lowest BCUT2D eigenvalue weighted by molar-refractivity contribution is -0.188. The van der Waals surface area contributed by atoms with Crippen LogP contribution < -0.4 is 4.74 Å². The zero-order valence-corrected chi connectivity index (χ0v) is 16.7. The first kappa shape index (κ1) is 19.0. The van der Waals surface area contributed by atoms with Crippen LogP contribution in [0.5, 0.6) is 5.75 Å². The van der Waals surface area contributed by atoms with Gasteiger partial charge in [0, 0.05) is 17.0 Å². The first-order valence-electron chi connectivity index (χ1n) is 10.2. The van der Waals surface area contributed by atoms with E-state index in [-0.39, 0.29) is 18.1 Å². The van der Waals surface area contributed by atoms with Crippen LogP contribution in [0.3, 0.4) is 0 Å². The first-order valence-corrected chi connectivity index (χ1v) is 10.2. The number of rotatable bonds is 4. The summed E-state index contributed by atoms with van der Waals surface area (Å²) >= 11 is 0. The molecule has 2 aliphatic heterocycles. The highest BCUT2D eigenvalue weighted by atomic mass is 16.5. The Morgan fingerprint density at radius 3 is 2.57 bits per heavy atom. The van der Waals surface area contributed by atoms with E-state index in [1.165, 1.54) is 0 Å². The standard InChI is InChI=1S/C24H28O4/c1-4-9-20-18(23(25)26)14-19-22(27-20)17-13-8-12-16(15-10-6-5-7-11-15)21(17)28-24(19,2)3/h5-8,10-13,18-20,22H,4,9,14H2,1-3H3,(H,25,26)/t18-,19+,20+,22-/m0/s1. The van der Waals surface area contributed by atoms with Crippen molar-refractivity contribution >= 4 is 5.97 Å². The van der Waals surface area contributed by atoms with Gasteiger partial charge in [-0.15, -0.1) is 0 Å². The Kier molecular flexibility index (Phi) is 4.92. The van der Waals surface area contributed by atoms with Gasteiger partial charge in [-0.25, -0.2) is 0 Å². The number of carboxylic acids is 1. The van der Waals surface area contributed by atoms with Crippen LogP contribution in [0.15, 0.2) is 48.5 Å². The van der Waals surface area contributed by atoms with Crippen LogP contribution in [0.25, 0.3) is 11.1 Å². The van der Waals surface area contributed by atoms with Gasteiger partial charge >= 0.3 is 5.97 Å². The summed E-state index contributed by atoms with van der Waals surface area (Å²) in [6, 6.07) is 16.4. The van der Waals surface area contributed by atoms with Gasteiger partial charge in [0.1, 0.15) is 11.4 Å². The van der Waals surface area contributed by atoms with E-state index >= 15 is 0 Å². The monoisotopic (exact) mass is 380 g/mol. The number of ether oxygens (including phenoxy) is 2. The molecule has 2 heterocycles. The van der Waals surface area contributed by atoms with Gasteiger partial charge in [-0.3, -0.25) is 4.79 Å². The fourth-order valence-corrected chi connectivity index (χ4v) is 4.76. The minimum atomic E-state index is -0.767. The molecule has 0 aromatic heterocycles. The zero-order chi connectivity index (χ0) is 19.9. The number of aliphatic carboxylic acids is 1. The molecule has 0 unspecified atom stereocenters. The topological polar surface area (TPSA) is 55.8 Å². The van der Waals surface area contributed by atoms with Crippen LogP contribution in [0.2, 0.25) is 0 Å². The highest BCUT2D eigenvalue weighted by molar-refractivity contribution is 5.73. The highest BCUT2D eigenvalue weighted by Gasteiger charge is 2.52. The second-order valence-electron chi connectivity index (χ2n) is 8.47. The molecule has 28 heavy (non-hydrogen) atoms. The lowest BCUT2D eigenvalue weighted by atomic mass is 9.71. The van der Waals surface area contributed by atoms with Crippen LogP contribution in [0.4, 0.5) is 0 Å². The van der Waals surface area contributed by atoms with Gasteiger partial charge < -0.3 is 14.6 Å². The van der Waals surface area contributed by atoms with Crippen molar-refractivity contribution in [1.82, 2.24) is 0 Å². The van der Waals surface area contributed by atoms with E-state index in [0.717, 1.165) is 35.3 Å². The third kappa shape index (κ3) is 3.20. The molecular weight excluding hydrogens is 352 g/mol. The van der Waals surface area contributed by atoms with Crippen molar-refractivity contribution in [2.24, 2.45) is 11.8 Å². The van der Waals surface area contributed by atoms with Crippen molar-refractivity contribution in [3.63, 3.8) is 0 Å². The maximum atomic E-state index is 11.9. The molecule has 1 fully saturated rings. The lowest BCUT2D eigenvalue weighted by Gasteiger charge is -2.50. The Bertz CT molecular complexity index is 858. The summed E-state index contributed by atoms with van der Waals surface area (Å²) in [5.41, 5.74) is 2.70. The maximum Gasteiger partial charge on any atom is 0.309 e. The SMILES string of the molecule is CCC[C@H]1O[C@H]2c3cccc(-c4ccccc4)c3OC(C)(C)[C@@H]2C[C@@H]1C(=O)O. The van der Waals surface area contributed by atoms with Crippen LogP contribution in [0, 0.1) is 11.8 Å². The molecule has 1 N–H and O–H groups in total. The quantitative estimate of drug-likeness (QED) is 0.764. The predicted octanol–water partition coefficient (Wildman–Crippen LogP) is 5.47. The Labute approximate surface area is 166 Å². The zero-order valence-electron chi connectivity index (χ0n) is 16.7. The van der Waals surface area contributed by atoms with E-state index < -0.39 is 17.5 Å². The van der Waals surface area contributed by atoms with Crippen LogP contribution in [-0.4, -0.2) is 22.8 Å². The number of fused-ring (bicyclic) bond motifs is 3. The number of carboxylic acid groups (broad SMARTS) is 1. The molecule has 148 valence electrons. The first-order chi connectivity index (χ1) is 13.4. The molecule has 0 radical (unpaired) electrons. The summed E-state index contributed by atoms with van der Waals surface area (Å²) in [6.45, 7) is 6.18. The number of hydrogen-bond acceptors (Lipinski definition) is 3. The molecule has 2 aliphatic rings. The molecule has 1 saturated heterocycles. The fourth-order valence-electron chi connectivity index (χ4n) is 4.76.